The van der Waals surface area contributed by atoms with Crippen molar-refractivity contribution in [1.29, 1.82) is 0 Å². The molecule has 0 fully saturated rings. The molecular formula is C11H15N2+. The highest BCUT2D eigenvalue weighted by Crippen LogP contribution is 2.01. The van der Waals surface area contributed by atoms with Crippen LogP contribution in [0, 0.1) is 0 Å². The zero-order valence-electron chi connectivity index (χ0n) is 7.96. The van der Waals surface area contributed by atoms with Gasteiger partial charge in [0.15, 0.2) is 0 Å². The zero-order chi connectivity index (χ0) is 9.10. The fourth-order valence-electron chi connectivity index (χ4n) is 1.69. The van der Waals surface area contributed by atoms with E-state index < -0.39 is 0 Å². The third kappa shape index (κ3) is 1.72. The van der Waals surface area contributed by atoms with Gasteiger partial charge in [0.05, 0.1) is 25.7 Å². The number of rotatable bonds is 1. The van der Waals surface area contributed by atoms with Crippen molar-refractivity contribution < 1.29 is 4.58 Å². The van der Waals surface area contributed by atoms with E-state index in [0.717, 1.165) is 13.1 Å². The van der Waals surface area contributed by atoms with Crippen LogP contribution in [0.2, 0.25) is 0 Å². The summed E-state index contributed by atoms with van der Waals surface area (Å²) in [5.74, 6) is 1.26. The smallest absolute Gasteiger partial charge is 0.274 e. The molecule has 0 saturated heterocycles. The first-order chi connectivity index (χ1) is 6.38. The average Bonchev–Trinajstić information content (AvgIpc) is 2.20. The Morgan fingerprint density at radius 2 is 2.00 bits per heavy atom. The Bertz CT molecular complexity index is 314. The molecule has 0 saturated carbocycles. The van der Waals surface area contributed by atoms with E-state index in [2.05, 4.69) is 41.2 Å². The molecule has 1 aromatic carbocycles. The first-order valence-corrected chi connectivity index (χ1v) is 4.75. The monoisotopic (exact) mass is 175 g/mol. The maximum Gasteiger partial charge on any atom is 0.276 e. The van der Waals surface area contributed by atoms with Gasteiger partial charge in [0.2, 0.25) is 0 Å². The maximum atomic E-state index is 3.43. The van der Waals surface area contributed by atoms with Gasteiger partial charge in [-0.05, 0) is 12.1 Å². The van der Waals surface area contributed by atoms with Gasteiger partial charge in [-0.25, -0.2) is 0 Å². The summed E-state index contributed by atoms with van der Waals surface area (Å²) >= 11 is 0. The second-order valence-electron chi connectivity index (χ2n) is 3.42. The van der Waals surface area contributed by atoms with Gasteiger partial charge in [-0.3, -0.25) is 9.89 Å². The van der Waals surface area contributed by atoms with Crippen LogP contribution < -0.4 is 5.32 Å². The van der Waals surface area contributed by atoms with Gasteiger partial charge >= 0.3 is 0 Å². The molecule has 2 heteroatoms. The van der Waals surface area contributed by atoms with Crippen LogP contribution in [0.25, 0.3) is 0 Å². The van der Waals surface area contributed by atoms with Crippen LogP contribution in [0.15, 0.2) is 30.3 Å². The number of benzene rings is 1. The Morgan fingerprint density at radius 3 is 2.69 bits per heavy atom. The van der Waals surface area contributed by atoms with Crippen molar-refractivity contribution >= 4 is 5.84 Å². The molecular weight excluding hydrogens is 160 g/mol. The number of nitrogens with zero attached hydrogens (tertiary/aromatic N) is 1. The van der Waals surface area contributed by atoms with Crippen LogP contribution in [0.5, 0.6) is 0 Å². The van der Waals surface area contributed by atoms with E-state index in [1.807, 2.05) is 6.07 Å². The summed E-state index contributed by atoms with van der Waals surface area (Å²) in [6.07, 6.45) is 1.23. The first kappa shape index (κ1) is 8.30. The molecule has 2 nitrogen and oxygen atoms in total. The van der Waals surface area contributed by atoms with Crippen molar-refractivity contribution in [3.8, 4) is 0 Å². The standard InChI is InChI=1S/C11H14N2/c1-13-9-5-8-12-11(13)10-6-3-2-4-7-10/h2-4,6-7H,5,8-9H2,1H3/p+1. The molecule has 0 aromatic heterocycles. The predicted octanol–water partition coefficient (Wildman–Crippen LogP) is 1.07. The van der Waals surface area contributed by atoms with Crippen LogP contribution in [0.4, 0.5) is 0 Å². The molecule has 0 unspecified atom stereocenters. The molecule has 2 rings (SSSR count). The highest BCUT2D eigenvalue weighted by molar-refractivity contribution is 5.95. The first-order valence-electron chi connectivity index (χ1n) is 4.75. The van der Waals surface area contributed by atoms with E-state index in [9.17, 15) is 0 Å². The molecule has 1 aromatic rings. The molecule has 0 spiro atoms. The minimum Gasteiger partial charge on any atom is -0.274 e. The van der Waals surface area contributed by atoms with Crippen LogP contribution in [-0.4, -0.2) is 30.5 Å². The van der Waals surface area contributed by atoms with E-state index in [0.29, 0.717) is 0 Å². The molecule has 1 heterocycles. The van der Waals surface area contributed by atoms with E-state index in [4.69, 9.17) is 0 Å². The van der Waals surface area contributed by atoms with E-state index in [1.54, 1.807) is 0 Å². The minimum atomic E-state index is 1.09. The van der Waals surface area contributed by atoms with E-state index >= 15 is 0 Å². The van der Waals surface area contributed by atoms with Gasteiger partial charge in [-0.15, -0.1) is 0 Å². The van der Waals surface area contributed by atoms with Crippen molar-refractivity contribution in [2.24, 2.45) is 0 Å². The Hall–Kier alpha value is -1.31. The molecule has 68 valence electrons. The third-order valence-electron chi connectivity index (χ3n) is 2.39. The quantitative estimate of drug-likeness (QED) is 0.631. The molecule has 1 N–H and O–H groups in total. The van der Waals surface area contributed by atoms with Crippen LogP contribution in [0.3, 0.4) is 0 Å². The van der Waals surface area contributed by atoms with E-state index in [1.165, 1.54) is 17.8 Å². The van der Waals surface area contributed by atoms with Gasteiger partial charge in [0.1, 0.15) is 0 Å². The van der Waals surface area contributed by atoms with Crippen molar-refractivity contribution in [2.45, 2.75) is 6.42 Å². The van der Waals surface area contributed by atoms with Crippen molar-refractivity contribution in [1.82, 2.24) is 5.32 Å². The lowest BCUT2D eigenvalue weighted by atomic mass is 10.2. The maximum absolute atomic E-state index is 3.43. The Kier molecular flexibility index (Phi) is 2.30. The highest BCUT2D eigenvalue weighted by Gasteiger charge is 2.16. The number of hydrogen-bond acceptors (Lipinski definition) is 1. The summed E-state index contributed by atoms with van der Waals surface area (Å²) in [4.78, 5) is 0. The molecule has 1 aliphatic heterocycles. The molecule has 1 aliphatic rings. The van der Waals surface area contributed by atoms with Crippen molar-refractivity contribution in [3.05, 3.63) is 35.9 Å². The summed E-state index contributed by atoms with van der Waals surface area (Å²) in [6, 6.07) is 10.5. The predicted molar refractivity (Wildman–Crippen MR) is 54.2 cm³/mol. The lowest BCUT2D eigenvalue weighted by molar-refractivity contribution is -0.503. The normalized spacial score (nSPS) is 17.0. The summed E-state index contributed by atoms with van der Waals surface area (Å²) < 4.78 is 2.28. The van der Waals surface area contributed by atoms with E-state index in [-0.39, 0.29) is 0 Å². The van der Waals surface area contributed by atoms with Gasteiger partial charge in [-0.2, -0.15) is 0 Å². The van der Waals surface area contributed by atoms with Crippen molar-refractivity contribution in [2.75, 3.05) is 20.1 Å². The Labute approximate surface area is 78.9 Å². The van der Waals surface area contributed by atoms with Gasteiger partial charge in [0, 0.05) is 6.42 Å². The molecule has 13 heavy (non-hydrogen) atoms. The van der Waals surface area contributed by atoms with Crippen LogP contribution in [-0.2, 0) is 0 Å². The number of nitrogens with one attached hydrogen (secondary N) is 1. The lowest BCUT2D eigenvalue weighted by Crippen LogP contribution is -2.39. The summed E-state index contributed by atoms with van der Waals surface area (Å²) in [6.45, 7) is 2.24. The fraction of sp³-hybridized carbons (Fsp3) is 0.364. The summed E-state index contributed by atoms with van der Waals surface area (Å²) in [5, 5.41) is 3.43. The number of hydrogen-bond donors (Lipinski definition) is 1. The van der Waals surface area contributed by atoms with Crippen LogP contribution in [0.1, 0.15) is 12.0 Å². The Balaban J connectivity index is 2.35. The van der Waals surface area contributed by atoms with Gasteiger partial charge < -0.3 is 0 Å². The van der Waals surface area contributed by atoms with Crippen LogP contribution >= 0.6 is 0 Å². The minimum absolute atomic E-state index is 1.09. The third-order valence-corrected chi connectivity index (χ3v) is 2.39. The lowest BCUT2D eigenvalue weighted by Gasteiger charge is -2.13. The molecule has 0 aliphatic carbocycles. The highest BCUT2D eigenvalue weighted by atomic mass is 15.1. The van der Waals surface area contributed by atoms with Gasteiger partial charge in [0.25, 0.3) is 5.84 Å². The zero-order valence-corrected chi connectivity index (χ0v) is 7.96. The average molecular weight is 175 g/mol. The largest absolute Gasteiger partial charge is 0.276 e. The SMILES string of the molecule is C[N+]1=C(c2ccccc2)NCCC1. The second kappa shape index (κ2) is 3.60. The van der Waals surface area contributed by atoms with Crippen molar-refractivity contribution in [3.63, 3.8) is 0 Å². The fourth-order valence-corrected chi connectivity index (χ4v) is 1.69. The second-order valence-corrected chi connectivity index (χ2v) is 3.42. The molecule has 0 amide bonds. The number of amidine groups is 1. The summed E-state index contributed by atoms with van der Waals surface area (Å²) in [7, 11) is 2.13. The molecule has 0 radical (unpaired) electrons. The molecule has 0 bridgehead atoms. The Morgan fingerprint density at radius 1 is 1.23 bits per heavy atom. The topological polar surface area (TPSA) is 15.0 Å². The summed E-state index contributed by atoms with van der Waals surface area (Å²) in [5.41, 5.74) is 1.28. The van der Waals surface area contributed by atoms with Gasteiger partial charge in [-0.1, -0.05) is 18.2 Å². The molecule has 0 atom stereocenters.